The largest absolute Gasteiger partial charge is 0.464 e. The van der Waals surface area contributed by atoms with Crippen LogP contribution in [0.15, 0.2) is 42.5 Å². The Labute approximate surface area is 216 Å². The SMILES string of the molecule is CCOC(=O)C1(C(CC)NC(=O)[C@H](CC(C)C)NC(=O)Cc2cccc3ccccc23)SCCS1. The van der Waals surface area contributed by atoms with Crippen LogP contribution in [-0.4, -0.2) is 52.1 Å². The molecule has 0 aromatic heterocycles. The molecule has 8 heteroatoms. The molecule has 1 aliphatic heterocycles. The van der Waals surface area contributed by atoms with E-state index in [4.69, 9.17) is 4.74 Å². The Morgan fingerprint density at radius 1 is 1.00 bits per heavy atom. The van der Waals surface area contributed by atoms with Gasteiger partial charge in [0.1, 0.15) is 6.04 Å². The van der Waals surface area contributed by atoms with E-state index < -0.39 is 16.2 Å². The number of thioether (sulfide) groups is 2. The van der Waals surface area contributed by atoms with Crippen LogP contribution in [-0.2, 0) is 25.5 Å². The van der Waals surface area contributed by atoms with Gasteiger partial charge in [0, 0.05) is 11.5 Å². The number of ether oxygens (including phenoxy) is 1. The van der Waals surface area contributed by atoms with Crippen LogP contribution in [0.4, 0.5) is 0 Å². The third-order valence-corrected chi connectivity index (χ3v) is 9.59. The maximum Gasteiger partial charge on any atom is 0.334 e. The summed E-state index contributed by atoms with van der Waals surface area (Å²) in [6.45, 7) is 8.10. The third-order valence-electron chi connectivity index (χ3n) is 6.05. The summed E-state index contributed by atoms with van der Waals surface area (Å²) in [6, 6.07) is 12.8. The average molecular weight is 517 g/mol. The quantitative estimate of drug-likeness (QED) is 0.427. The second-order valence-corrected chi connectivity index (χ2v) is 12.1. The summed E-state index contributed by atoms with van der Waals surface area (Å²) in [5, 5.41) is 8.18. The first-order chi connectivity index (χ1) is 16.8. The van der Waals surface area contributed by atoms with Gasteiger partial charge in [-0.2, -0.15) is 0 Å². The Bertz CT molecular complexity index is 1030. The van der Waals surface area contributed by atoms with Crippen LogP contribution < -0.4 is 10.6 Å². The molecular formula is C27H36N2O4S2. The summed E-state index contributed by atoms with van der Waals surface area (Å²) >= 11 is 3.08. The van der Waals surface area contributed by atoms with Gasteiger partial charge in [0.25, 0.3) is 0 Å². The summed E-state index contributed by atoms with van der Waals surface area (Å²) in [5.74, 6) is 1.12. The van der Waals surface area contributed by atoms with Crippen molar-refractivity contribution in [1.82, 2.24) is 10.6 Å². The van der Waals surface area contributed by atoms with Gasteiger partial charge >= 0.3 is 5.97 Å². The van der Waals surface area contributed by atoms with E-state index in [0.29, 0.717) is 19.4 Å². The van der Waals surface area contributed by atoms with Crippen LogP contribution in [0.2, 0.25) is 0 Å². The molecule has 0 radical (unpaired) electrons. The maximum absolute atomic E-state index is 13.4. The normalized spacial score (nSPS) is 16.6. The number of fused-ring (bicyclic) bond motifs is 1. The maximum atomic E-state index is 13.4. The van der Waals surface area contributed by atoms with Crippen LogP contribution in [0.5, 0.6) is 0 Å². The molecule has 1 unspecified atom stereocenters. The number of amides is 2. The van der Waals surface area contributed by atoms with Crippen LogP contribution >= 0.6 is 23.5 Å². The van der Waals surface area contributed by atoms with Crippen molar-refractivity contribution >= 4 is 52.1 Å². The number of esters is 1. The van der Waals surface area contributed by atoms with Gasteiger partial charge in [0.15, 0.2) is 4.08 Å². The van der Waals surface area contributed by atoms with Crippen molar-refractivity contribution in [3.05, 3.63) is 48.0 Å². The van der Waals surface area contributed by atoms with E-state index in [2.05, 4.69) is 10.6 Å². The van der Waals surface area contributed by atoms with E-state index in [0.717, 1.165) is 27.8 Å². The van der Waals surface area contributed by atoms with Gasteiger partial charge in [-0.3, -0.25) is 9.59 Å². The van der Waals surface area contributed by atoms with Gasteiger partial charge in [-0.1, -0.05) is 63.2 Å². The van der Waals surface area contributed by atoms with E-state index >= 15 is 0 Å². The van der Waals surface area contributed by atoms with Crippen LogP contribution in [0.1, 0.15) is 46.1 Å². The zero-order valence-electron chi connectivity index (χ0n) is 21.0. The summed E-state index contributed by atoms with van der Waals surface area (Å²) in [5.41, 5.74) is 0.927. The fourth-order valence-corrected chi connectivity index (χ4v) is 7.74. The Morgan fingerprint density at radius 2 is 1.69 bits per heavy atom. The molecule has 0 spiro atoms. The van der Waals surface area contributed by atoms with Crippen molar-refractivity contribution in [3.63, 3.8) is 0 Å². The zero-order chi connectivity index (χ0) is 25.4. The topological polar surface area (TPSA) is 84.5 Å². The minimum absolute atomic E-state index is 0.193. The molecule has 2 atom stereocenters. The van der Waals surface area contributed by atoms with Crippen LogP contribution in [0, 0.1) is 5.92 Å². The highest BCUT2D eigenvalue weighted by Gasteiger charge is 2.51. The molecule has 2 aromatic rings. The van der Waals surface area contributed by atoms with Gasteiger partial charge in [-0.15, -0.1) is 23.5 Å². The molecule has 0 aliphatic carbocycles. The number of carbonyl (C=O) groups is 3. The number of nitrogens with one attached hydrogen (secondary N) is 2. The lowest BCUT2D eigenvalue weighted by atomic mass is 10.00. The lowest BCUT2D eigenvalue weighted by molar-refractivity contribution is -0.144. The van der Waals surface area contributed by atoms with Gasteiger partial charge in [0.05, 0.1) is 19.1 Å². The molecule has 6 nitrogen and oxygen atoms in total. The molecule has 35 heavy (non-hydrogen) atoms. The predicted molar refractivity (Wildman–Crippen MR) is 146 cm³/mol. The minimum atomic E-state index is -0.851. The van der Waals surface area contributed by atoms with E-state index in [-0.39, 0.29) is 30.1 Å². The molecule has 1 saturated heterocycles. The lowest BCUT2D eigenvalue weighted by Gasteiger charge is -2.34. The molecule has 1 heterocycles. The number of hydrogen-bond donors (Lipinski definition) is 2. The van der Waals surface area contributed by atoms with Crippen molar-refractivity contribution in [3.8, 4) is 0 Å². The number of hydrogen-bond acceptors (Lipinski definition) is 6. The molecule has 3 rings (SSSR count). The van der Waals surface area contributed by atoms with Gasteiger partial charge in [0.2, 0.25) is 11.8 Å². The van der Waals surface area contributed by atoms with E-state index in [1.165, 1.54) is 0 Å². The Morgan fingerprint density at radius 3 is 2.34 bits per heavy atom. The summed E-state index contributed by atoms with van der Waals surface area (Å²) in [4.78, 5) is 39.4. The second kappa shape index (κ2) is 12.7. The monoisotopic (exact) mass is 516 g/mol. The first-order valence-corrected chi connectivity index (χ1v) is 14.3. The number of rotatable bonds is 11. The number of carbonyl (C=O) groups excluding carboxylic acids is 3. The van der Waals surface area contributed by atoms with Crippen molar-refractivity contribution in [2.75, 3.05) is 18.1 Å². The fraction of sp³-hybridized carbons (Fsp3) is 0.519. The Kier molecular flexibility index (Phi) is 9.92. The first-order valence-electron chi connectivity index (χ1n) is 12.3. The highest BCUT2D eigenvalue weighted by Crippen LogP contribution is 2.48. The summed E-state index contributed by atoms with van der Waals surface area (Å²) in [6.07, 6.45) is 1.29. The average Bonchev–Trinajstić information content (AvgIpc) is 3.33. The van der Waals surface area contributed by atoms with E-state index in [1.54, 1.807) is 30.4 Å². The second-order valence-electron chi connectivity index (χ2n) is 9.12. The van der Waals surface area contributed by atoms with Crippen molar-refractivity contribution in [2.24, 2.45) is 5.92 Å². The molecular weight excluding hydrogens is 480 g/mol. The minimum Gasteiger partial charge on any atom is -0.464 e. The molecule has 0 bridgehead atoms. The Balaban J connectivity index is 1.74. The third kappa shape index (κ3) is 6.73. The summed E-state index contributed by atoms with van der Waals surface area (Å²) in [7, 11) is 0. The predicted octanol–water partition coefficient (Wildman–Crippen LogP) is 4.55. The van der Waals surface area contributed by atoms with Crippen molar-refractivity contribution in [2.45, 2.75) is 63.1 Å². The van der Waals surface area contributed by atoms with E-state index in [1.807, 2.05) is 63.2 Å². The molecule has 0 saturated carbocycles. The zero-order valence-corrected chi connectivity index (χ0v) is 22.6. The molecule has 2 N–H and O–H groups in total. The van der Waals surface area contributed by atoms with Gasteiger partial charge in [-0.25, -0.2) is 4.79 Å². The van der Waals surface area contributed by atoms with Gasteiger partial charge in [-0.05, 0) is 42.0 Å². The molecule has 2 amide bonds. The fourth-order valence-electron chi connectivity index (χ4n) is 4.43. The highest BCUT2D eigenvalue weighted by atomic mass is 32.2. The van der Waals surface area contributed by atoms with Crippen molar-refractivity contribution < 1.29 is 19.1 Å². The van der Waals surface area contributed by atoms with Crippen LogP contribution in [0.3, 0.4) is 0 Å². The van der Waals surface area contributed by atoms with E-state index in [9.17, 15) is 14.4 Å². The molecule has 2 aromatic carbocycles. The standard InChI is InChI=1S/C27H36N2O4S2/c1-5-23(27(26(32)33-6-2)34-14-15-35-27)29-25(31)22(16-18(3)4)28-24(30)17-20-12-9-11-19-10-7-8-13-21(19)20/h7-13,18,22-23H,5-6,14-17H2,1-4H3,(H,28,30)(H,29,31)/t22-,23?/m0/s1. The van der Waals surface area contributed by atoms with Gasteiger partial charge < -0.3 is 15.4 Å². The molecule has 1 aliphatic rings. The summed E-state index contributed by atoms with van der Waals surface area (Å²) < 4.78 is 4.53. The smallest absolute Gasteiger partial charge is 0.334 e. The van der Waals surface area contributed by atoms with Crippen molar-refractivity contribution in [1.29, 1.82) is 0 Å². The van der Waals surface area contributed by atoms with Crippen LogP contribution in [0.25, 0.3) is 10.8 Å². The Hall–Kier alpha value is -2.19. The highest BCUT2D eigenvalue weighted by molar-refractivity contribution is 8.22. The lowest BCUT2D eigenvalue weighted by Crippen LogP contribution is -2.57. The first kappa shape index (κ1) is 27.4. The molecule has 1 fully saturated rings. The molecule has 190 valence electrons. The number of benzene rings is 2.